The smallest absolute Gasteiger partial charge is 0.167 e. The van der Waals surface area contributed by atoms with Gasteiger partial charge in [0.05, 0.1) is 0 Å². The molecular weight excluding hydrogens is 344 g/mol. The number of rotatable bonds is 3. The fraction of sp³-hybridized carbons (Fsp3) is 0.0714. The average Bonchev–Trinajstić information content (AvgIpc) is 2.33. The summed E-state index contributed by atoms with van der Waals surface area (Å²) >= 11 is 6.73. The molecule has 86 valence electrons. The Balaban J connectivity index is 2.11. The zero-order chi connectivity index (χ0) is 12.3. The van der Waals surface area contributed by atoms with Crippen molar-refractivity contribution in [1.82, 2.24) is 0 Å². The van der Waals surface area contributed by atoms with Gasteiger partial charge < -0.3 is 0 Å². The maximum absolute atomic E-state index is 12.0. The van der Waals surface area contributed by atoms with E-state index < -0.39 is 0 Å². The van der Waals surface area contributed by atoms with Gasteiger partial charge in [-0.15, -0.1) is 0 Å². The summed E-state index contributed by atoms with van der Waals surface area (Å²) in [5.74, 6) is 0.139. The van der Waals surface area contributed by atoms with Gasteiger partial charge in [-0.3, -0.25) is 4.79 Å². The maximum atomic E-state index is 12.0. The van der Waals surface area contributed by atoms with Crippen LogP contribution in [0.15, 0.2) is 57.5 Å². The standard InChI is InChI=1S/C14H10Br2O/c15-12-5-1-10(2-6-12)9-14(17)11-3-7-13(16)8-4-11/h1-8H,9H2. The Morgan fingerprint density at radius 3 is 1.82 bits per heavy atom. The molecule has 3 heteroatoms. The Bertz CT molecular complexity index is 515. The largest absolute Gasteiger partial charge is 0.294 e. The second-order valence-corrected chi connectivity index (χ2v) is 5.56. The number of benzene rings is 2. The summed E-state index contributed by atoms with van der Waals surface area (Å²) in [6, 6.07) is 15.3. The zero-order valence-electron chi connectivity index (χ0n) is 8.99. The molecule has 0 aliphatic carbocycles. The van der Waals surface area contributed by atoms with Crippen molar-refractivity contribution >= 4 is 37.6 Å². The van der Waals surface area contributed by atoms with Gasteiger partial charge in [-0.05, 0) is 29.8 Å². The van der Waals surface area contributed by atoms with Crippen molar-refractivity contribution in [3.8, 4) is 0 Å². The van der Waals surface area contributed by atoms with E-state index in [1.165, 1.54) is 0 Å². The summed E-state index contributed by atoms with van der Waals surface area (Å²) in [6.45, 7) is 0. The minimum Gasteiger partial charge on any atom is -0.294 e. The molecule has 0 unspecified atom stereocenters. The van der Waals surface area contributed by atoms with E-state index >= 15 is 0 Å². The number of carbonyl (C=O) groups is 1. The van der Waals surface area contributed by atoms with E-state index in [1.807, 2.05) is 48.5 Å². The number of hydrogen-bond donors (Lipinski definition) is 0. The highest BCUT2D eigenvalue weighted by Gasteiger charge is 2.06. The normalized spacial score (nSPS) is 10.2. The predicted octanol–water partition coefficient (Wildman–Crippen LogP) is 4.64. The van der Waals surface area contributed by atoms with E-state index in [9.17, 15) is 4.79 Å². The minimum absolute atomic E-state index is 0.139. The molecule has 0 atom stereocenters. The third kappa shape index (κ3) is 3.51. The van der Waals surface area contributed by atoms with Crippen LogP contribution in [0.5, 0.6) is 0 Å². The lowest BCUT2D eigenvalue weighted by Gasteiger charge is -2.02. The molecule has 0 N–H and O–H groups in total. The number of hydrogen-bond acceptors (Lipinski definition) is 1. The third-order valence-electron chi connectivity index (χ3n) is 2.44. The summed E-state index contributed by atoms with van der Waals surface area (Å²) in [5, 5.41) is 0. The molecule has 0 fully saturated rings. The molecule has 0 aromatic heterocycles. The Morgan fingerprint density at radius 1 is 0.824 bits per heavy atom. The molecule has 1 nitrogen and oxygen atoms in total. The topological polar surface area (TPSA) is 17.1 Å². The number of Topliss-reactive ketones (excluding diaryl/α,β-unsaturated/α-hetero) is 1. The van der Waals surface area contributed by atoms with Gasteiger partial charge in [-0.2, -0.15) is 0 Å². The molecule has 0 aliphatic heterocycles. The van der Waals surface area contributed by atoms with Gasteiger partial charge in [0.2, 0.25) is 0 Å². The van der Waals surface area contributed by atoms with Crippen molar-refractivity contribution in [2.24, 2.45) is 0 Å². The fourth-order valence-corrected chi connectivity index (χ4v) is 2.05. The van der Waals surface area contributed by atoms with E-state index in [1.54, 1.807) is 0 Å². The van der Waals surface area contributed by atoms with Gasteiger partial charge in [0, 0.05) is 20.9 Å². The van der Waals surface area contributed by atoms with Crippen LogP contribution in [0, 0.1) is 0 Å². The molecule has 17 heavy (non-hydrogen) atoms. The summed E-state index contributed by atoms with van der Waals surface area (Å²) < 4.78 is 2.01. The fourth-order valence-electron chi connectivity index (χ4n) is 1.53. The van der Waals surface area contributed by atoms with Gasteiger partial charge in [0.1, 0.15) is 0 Å². The third-order valence-corrected chi connectivity index (χ3v) is 3.50. The van der Waals surface area contributed by atoms with E-state index in [0.717, 1.165) is 20.1 Å². The predicted molar refractivity (Wildman–Crippen MR) is 76.3 cm³/mol. The zero-order valence-corrected chi connectivity index (χ0v) is 12.2. The lowest BCUT2D eigenvalue weighted by atomic mass is 10.0. The van der Waals surface area contributed by atoms with Crippen LogP contribution in [-0.4, -0.2) is 5.78 Å². The van der Waals surface area contributed by atoms with Crippen molar-refractivity contribution in [3.63, 3.8) is 0 Å². The van der Waals surface area contributed by atoms with Crippen molar-refractivity contribution < 1.29 is 4.79 Å². The molecule has 0 saturated carbocycles. The van der Waals surface area contributed by atoms with Crippen molar-refractivity contribution in [1.29, 1.82) is 0 Å². The highest BCUT2D eigenvalue weighted by molar-refractivity contribution is 9.10. The van der Waals surface area contributed by atoms with Crippen LogP contribution in [0.3, 0.4) is 0 Å². The van der Waals surface area contributed by atoms with Crippen LogP contribution < -0.4 is 0 Å². The van der Waals surface area contributed by atoms with Crippen LogP contribution in [0.1, 0.15) is 15.9 Å². The molecule has 0 saturated heterocycles. The van der Waals surface area contributed by atoms with E-state index in [4.69, 9.17) is 0 Å². The quantitative estimate of drug-likeness (QED) is 0.735. The highest BCUT2D eigenvalue weighted by atomic mass is 79.9. The van der Waals surface area contributed by atoms with Gasteiger partial charge in [-0.1, -0.05) is 56.1 Å². The first kappa shape index (κ1) is 12.5. The van der Waals surface area contributed by atoms with Gasteiger partial charge >= 0.3 is 0 Å². The highest BCUT2D eigenvalue weighted by Crippen LogP contribution is 2.15. The molecule has 0 amide bonds. The summed E-state index contributed by atoms with van der Waals surface area (Å²) in [5.41, 5.74) is 1.78. The summed E-state index contributed by atoms with van der Waals surface area (Å²) in [4.78, 5) is 12.0. The lowest BCUT2D eigenvalue weighted by molar-refractivity contribution is 0.0993. The van der Waals surface area contributed by atoms with Gasteiger partial charge in [0.15, 0.2) is 5.78 Å². The van der Waals surface area contributed by atoms with Crippen LogP contribution >= 0.6 is 31.9 Å². The van der Waals surface area contributed by atoms with E-state index in [-0.39, 0.29) is 5.78 Å². The molecule has 0 spiro atoms. The first-order valence-electron chi connectivity index (χ1n) is 5.18. The molecule has 2 aromatic carbocycles. The van der Waals surface area contributed by atoms with Crippen LogP contribution in [0.2, 0.25) is 0 Å². The maximum Gasteiger partial charge on any atom is 0.167 e. The van der Waals surface area contributed by atoms with Crippen LogP contribution in [-0.2, 0) is 6.42 Å². The first-order valence-corrected chi connectivity index (χ1v) is 6.77. The Kier molecular flexibility index (Phi) is 4.13. The van der Waals surface area contributed by atoms with Crippen LogP contribution in [0.25, 0.3) is 0 Å². The van der Waals surface area contributed by atoms with E-state index in [0.29, 0.717) is 6.42 Å². The van der Waals surface area contributed by atoms with Gasteiger partial charge in [0.25, 0.3) is 0 Å². The van der Waals surface area contributed by atoms with Crippen LogP contribution in [0.4, 0.5) is 0 Å². The molecule has 0 heterocycles. The molecule has 0 bridgehead atoms. The minimum atomic E-state index is 0.139. The van der Waals surface area contributed by atoms with Crippen molar-refractivity contribution in [2.75, 3.05) is 0 Å². The second kappa shape index (κ2) is 5.61. The summed E-state index contributed by atoms with van der Waals surface area (Å²) in [6.07, 6.45) is 0.439. The Labute approximate surface area is 117 Å². The molecule has 2 aromatic rings. The molecule has 0 radical (unpaired) electrons. The number of carbonyl (C=O) groups excluding carboxylic acids is 1. The van der Waals surface area contributed by atoms with Crippen molar-refractivity contribution in [2.45, 2.75) is 6.42 Å². The summed E-state index contributed by atoms with van der Waals surface area (Å²) in [7, 11) is 0. The Hall–Kier alpha value is -0.930. The SMILES string of the molecule is O=C(Cc1ccc(Br)cc1)c1ccc(Br)cc1. The molecule has 2 rings (SSSR count). The Morgan fingerprint density at radius 2 is 1.29 bits per heavy atom. The van der Waals surface area contributed by atoms with Crippen molar-refractivity contribution in [3.05, 3.63) is 68.6 Å². The lowest BCUT2D eigenvalue weighted by Crippen LogP contribution is -2.03. The number of halogens is 2. The molecular formula is C14H10Br2O. The average molecular weight is 354 g/mol. The van der Waals surface area contributed by atoms with Gasteiger partial charge in [-0.25, -0.2) is 0 Å². The monoisotopic (exact) mass is 352 g/mol. The second-order valence-electron chi connectivity index (χ2n) is 3.73. The molecule has 0 aliphatic rings. The van der Waals surface area contributed by atoms with E-state index in [2.05, 4.69) is 31.9 Å². The number of ketones is 1. The first-order chi connectivity index (χ1) is 8.15.